The van der Waals surface area contributed by atoms with Gasteiger partial charge in [0.15, 0.2) is 0 Å². The van der Waals surface area contributed by atoms with Crippen LogP contribution in [0.25, 0.3) is 0 Å². The second-order valence-electron chi connectivity index (χ2n) is 13.0. The van der Waals surface area contributed by atoms with Crippen LogP contribution in [0.1, 0.15) is 64.7 Å². The highest BCUT2D eigenvalue weighted by molar-refractivity contribution is 5.89. The van der Waals surface area contributed by atoms with Crippen LogP contribution in [0.4, 0.5) is 0 Å². The molecule has 5 rings (SSSR count). The number of aliphatic hydroxyl groups is 4. The van der Waals surface area contributed by atoms with Gasteiger partial charge in [0.1, 0.15) is 30.0 Å². The van der Waals surface area contributed by atoms with Crippen LogP contribution in [0, 0.1) is 16.7 Å². The van der Waals surface area contributed by atoms with E-state index in [0.717, 1.165) is 0 Å². The molecule has 230 valence electrons. The van der Waals surface area contributed by atoms with E-state index < -0.39 is 82.5 Å². The number of rotatable bonds is 5. The molecule has 1 spiro atoms. The average molecular weight is 589 g/mol. The van der Waals surface area contributed by atoms with Crippen molar-refractivity contribution >= 4 is 17.9 Å². The van der Waals surface area contributed by atoms with Gasteiger partial charge in [-0.05, 0) is 50.5 Å². The van der Waals surface area contributed by atoms with Crippen molar-refractivity contribution in [2.24, 2.45) is 16.7 Å². The molecular weight excluding hydrogens is 548 g/mol. The van der Waals surface area contributed by atoms with Gasteiger partial charge in [-0.3, -0.25) is 9.59 Å². The predicted octanol–water partition coefficient (Wildman–Crippen LogP) is 1.44. The van der Waals surface area contributed by atoms with Crippen LogP contribution in [-0.4, -0.2) is 92.8 Å². The number of carbonyl (C=O) groups excluding carboxylic acids is 3. The Kier molecular flexibility index (Phi) is 7.38. The maximum absolute atomic E-state index is 13.6. The number of hydrogen-bond donors (Lipinski definition) is 4. The van der Waals surface area contributed by atoms with Gasteiger partial charge in [-0.25, -0.2) is 4.79 Å². The molecule has 2 saturated carbocycles. The highest BCUT2D eigenvalue weighted by Crippen LogP contribution is 2.68. The van der Waals surface area contributed by atoms with E-state index in [0.29, 0.717) is 5.57 Å². The molecular formula is C31H40O11. The molecule has 0 bridgehead atoms. The van der Waals surface area contributed by atoms with E-state index in [9.17, 15) is 34.8 Å². The highest BCUT2D eigenvalue weighted by Gasteiger charge is 2.80. The summed E-state index contributed by atoms with van der Waals surface area (Å²) in [6.45, 7) is 8.72. The lowest BCUT2D eigenvalue weighted by Crippen LogP contribution is -2.69. The van der Waals surface area contributed by atoms with Crippen LogP contribution in [0.15, 0.2) is 41.5 Å². The largest absolute Gasteiger partial charge is 0.462 e. The van der Waals surface area contributed by atoms with Crippen molar-refractivity contribution in [1.29, 1.82) is 0 Å². The minimum Gasteiger partial charge on any atom is -0.462 e. The van der Waals surface area contributed by atoms with E-state index in [2.05, 4.69) is 0 Å². The summed E-state index contributed by atoms with van der Waals surface area (Å²) in [5, 5.41) is 47.0. The van der Waals surface area contributed by atoms with Crippen LogP contribution >= 0.6 is 0 Å². The molecule has 0 aromatic heterocycles. The van der Waals surface area contributed by atoms with Crippen molar-refractivity contribution in [2.75, 3.05) is 6.61 Å². The summed E-state index contributed by atoms with van der Waals surface area (Å²) in [5.41, 5.74) is -5.50. The quantitative estimate of drug-likeness (QED) is 0.170. The molecule has 0 amide bonds. The van der Waals surface area contributed by atoms with Crippen molar-refractivity contribution < 1.29 is 53.8 Å². The first-order chi connectivity index (χ1) is 19.5. The van der Waals surface area contributed by atoms with Gasteiger partial charge in [-0.15, -0.1) is 0 Å². The zero-order valence-electron chi connectivity index (χ0n) is 24.7. The Labute approximate surface area is 244 Å². The number of esters is 3. The minimum atomic E-state index is -1.73. The molecule has 42 heavy (non-hydrogen) atoms. The summed E-state index contributed by atoms with van der Waals surface area (Å²) < 4.78 is 24.0. The van der Waals surface area contributed by atoms with E-state index in [-0.39, 0.29) is 30.6 Å². The predicted molar refractivity (Wildman–Crippen MR) is 146 cm³/mol. The number of benzene rings is 1. The Morgan fingerprint density at radius 3 is 2.10 bits per heavy atom. The standard InChI is InChI=1S/C31H40O11/c1-15-19(34)13-30(28(4,5)38)22(15)23(36)25(42-27(37)18-10-8-7-9-11-18)29(6)21(40-16(2)32)12-20(35)31(14-39-31)24(29)26(30)41-17(3)33/h7-11,19-21,23-26,34-36,38H,12-14H2,1-6H3/t19-,20-,21-,23+,24-,25-,26-,29+,30-,31+/m0/s1. The van der Waals surface area contributed by atoms with E-state index in [1.54, 1.807) is 44.2 Å². The molecule has 3 aliphatic carbocycles. The summed E-state index contributed by atoms with van der Waals surface area (Å²) >= 11 is 0. The van der Waals surface area contributed by atoms with E-state index in [1.807, 2.05) is 0 Å². The summed E-state index contributed by atoms with van der Waals surface area (Å²) in [4.78, 5) is 38.8. The molecule has 10 atom stereocenters. The van der Waals surface area contributed by atoms with Crippen LogP contribution < -0.4 is 0 Å². The van der Waals surface area contributed by atoms with Crippen molar-refractivity contribution in [3.05, 3.63) is 47.0 Å². The first-order valence-electron chi connectivity index (χ1n) is 14.2. The van der Waals surface area contributed by atoms with Crippen molar-refractivity contribution in [3.63, 3.8) is 0 Å². The topological polar surface area (TPSA) is 172 Å². The zero-order chi connectivity index (χ0) is 31.0. The van der Waals surface area contributed by atoms with Gasteiger partial charge in [0.05, 0.1) is 40.8 Å². The molecule has 11 nitrogen and oxygen atoms in total. The smallest absolute Gasteiger partial charge is 0.338 e. The second kappa shape index (κ2) is 10.1. The number of aliphatic hydroxyl groups excluding tert-OH is 3. The minimum absolute atomic E-state index is 0.0386. The van der Waals surface area contributed by atoms with E-state index in [4.69, 9.17) is 18.9 Å². The number of carbonyl (C=O) groups is 3. The summed E-state index contributed by atoms with van der Waals surface area (Å²) in [6, 6.07) is 8.16. The van der Waals surface area contributed by atoms with Gasteiger partial charge in [-0.2, -0.15) is 0 Å². The molecule has 1 aliphatic heterocycles. The molecule has 1 heterocycles. The molecule has 11 heteroatoms. The van der Waals surface area contributed by atoms with Gasteiger partial charge in [0, 0.05) is 26.2 Å². The van der Waals surface area contributed by atoms with Gasteiger partial charge >= 0.3 is 17.9 Å². The SMILES string of the molecule is CC(=O)O[C@H]1C[C@H](O)[C@]2(CO2)[C@H]2[C@H](OC(C)=O)[C@]3(C(C)(C)O)C[C@H](O)C(C)=C3[C@@H](O)[C@H](OC(=O)c3ccccc3)[C@]12C. The second-order valence-corrected chi connectivity index (χ2v) is 13.0. The Hall–Kier alpha value is -2.83. The van der Waals surface area contributed by atoms with Crippen molar-refractivity contribution in [3.8, 4) is 0 Å². The lowest BCUT2D eigenvalue weighted by Gasteiger charge is -2.57. The number of hydrogen-bond acceptors (Lipinski definition) is 11. The fourth-order valence-corrected chi connectivity index (χ4v) is 8.23. The molecule has 1 aromatic carbocycles. The molecule has 4 N–H and O–H groups in total. The molecule has 0 radical (unpaired) electrons. The third-order valence-corrected chi connectivity index (χ3v) is 10.2. The Balaban J connectivity index is 1.84. The van der Waals surface area contributed by atoms with Gasteiger partial charge in [0.25, 0.3) is 0 Å². The number of ether oxygens (including phenoxy) is 4. The normalized spacial score (nSPS) is 41.0. The monoisotopic (exact) mass is 588 g/mol. The first kappa shape index (κ1) is 30.6. The van der Waals surface area contributed by atoms with E-state index in [1.165, 1.54) is 27.7 Å². The van der Waals surface area contributed by atoms with Crippen molar-refractivity contribution in [1.82, 2.24) is 0 Å². The maximum Gasteiger partial charge on any atom is 0.338 e. The fourth-order valence-electron chi connectivity index (χ4n) is 8.23. The molecule has 0 unspecified atom stereocenters. The van der Waals surface area contributed by atoms with Crippen LogP contribution in [0.2, 0.25) is 0 Å². The van der Waals surface area contributed by atoms with Crippen molar-refractivity contribution in [2.45, 2.75) is 102 Å². The lowest BCUT2D eigenvalue weighted by molar-refractivity contribution is -0.240. The number of fused-ring (bicyclic) bond motifs is 3. The molecule has 4 aliphatic rings. The zero-order valence-corrected chi connectivity index (χ0v) is 24.7. The van der Waals surface area contributed by atoms with Crippen LogP contribution in [0.3, 0.4) is 0 Å². The van der Waals surface area contributed by atoms with Gasteiger partial charge < -0.3 is 39.4 Å². The average Bonchev–Trinajstić information content (AvgIpc) is 3.64. The third kappa shape index (κ3) is 4.31. The molecule has 1 aromatic rings. The van der Waals surface area contributed by atoms with Gasteiger partial charge in [-0.1, -0.05) is 25.1 Å². The summed E-state index contributed by atoms with van der Waals surface area (Å²) in [6.07, 6.45) is -8.11. The number of epoxide rings is 1. The Bertz CT molecular complexity index is 1300. The highest BCUT2D eigenvalue weighted by atomic mass is 16.6. The molecule has 3 fully saturated rings. The van der Waals surface area contributed by atoms with E-state index >= 15 is 0 Å². The first-order valence-corrected chi connectivity index (χ1v) is 14.2. The Morgan fingerprint density at radius 2 is 1.57 bits per heavy atom. The van der Waals surface area contributed by atoms with Crippen LogP contribution in [0.5, 0.6) is 0 Å². The van der Waals surface area contributed by atoms with Gasteiger partial charge in [0.2, 0.25) is 0 Å². The summed E-state index contributed by atoms with van der Waals surface area (Å²) in [7, 11) is 0. The lowest BCUT2D eigenvalue weighted by atomic mass is 9.52. The Morgan fingerprint density at radius 1 is 0.976 bits per heavy atom. The summed E-state index contributed by atoms with van der Waals surface area (Å²) in [5.74, 6) is -3.22. The third-order valence-electron chi connectivity index (χ3n) is 10.2. The van der Waals surface area contributed by atoms with Crippen LogP contribution in [-0.2, 0) is 28.5 Å². The molecule has 1 saturated heterocycles. The maximum atomic E-state index is 13.6. The fraction of sp³-hybridized carbons (Fsp3) is 0.645.